The minimum atomic E-state index is -0.0832. The third-order valence-corrected chi connectivity index (χ3v) is 5.86. The van der Waals surface area contributed by atoms with Crippen molar-refractivity contribution in [3.05, 3.63) is 53.1 Å². The first-order valence-corrected chi connectivity index (χ1v) is 10.9. The van der Waals surface area contributed by atoms with E-state index in [1.54, 1.807) is 16.8 Å². The number of benzene rings is 2. The Hall–Kier alpha value is -3.68. The van der Waals surface area contributed by atoms with Crippen molar-refractivity contribution in [2.45, 2.75) is 45.1 Å². The smallest absolute Gasteiger partial charge is 0.251 e. The van der Waals surface area contributed by atoms with E-state index in [9.17, 15) is 4.79 Å². The molecule has 0 spiro atoms. The molecular formula is C24H29N7O. The Labute approximate surface area is 187 Å². The van der Waals surface area contributed by atoms with E-state index in [1.165, 1.54) is 6.21 Å². The Bertz CT molecular complexity index is 1150. The monoisotopic (exact) mass is 431 g/mol. The van der Waals surface area contributed by atoms with Gasteiger partial charge >= 0.3 is 0 Å². The predicted octanol–water partition coefficient (Wildman–Crippen LogP) is 4.21. The molecule has 4 rings (SSSR count). The highest BCUT2D eigenvalue weighted by Crippen LogP contribution is 2.46. The van der Waals surface area contributed by atoms with Gasteiger partial charge in [0.15, 0.2) is 5.82 Å². The quantitative estimate of drug-likeness (QED) is 0.314. The van der Waals surface area contributed by atoms with Gasteiger partial charge in [-0.3, -0.25) is 4.79 Å². The molecule has 1 saturated carbocycles. The number of hydrogen-bond acceptors (Lipinski definition) is 6. The van der Waals surface area contributed by atoms with Crippen LogP contribution in [-0.2, 0) is 7.05 Å². The van der Waals surface area contributed by atoms with E-state index < -0.39 is 0 Å². The molecule has 32 heavy (non-hydrogen) atoms. The summed E-state index contributed by atoms with van der Waals surface area (Å²) < 4.78 is 1.69. The number of carbonyl (C=O) groups is 1. The van der Waals surface area contributed by atoms with Gasteiger partial charge in [-0.15, -0.1) is 5.10 Å². The standard InChI is InChI=1S/C24H29N7O/c1-4-14(2)27-23(32)17-9-7-16(8-10-17)22-29-24(31(3)30-22)28-20-12-11-19(26)18(13-25)21(20)15-5-6-15/h7-15,25H,4-6,26H2,1-3H3,(H,27,32)(H,28,29,30). The summed E-state index contributed by atoms with van der Waals surface area (Å²) in [7, 11) is 1.83. The number of hydrogen-bond donors (Lipinski definition) is 4. The lowest BCUT2D eigenvalue weighted by Crippen LogP contribution is -2.31. The molecule has 1 unspecified atom stereocenters. The van der Waals surface area contributed by atoms with Crippen LogP contribution < -0.4 is 16.4 Å². The fourth-order valence-electron chi connectivity index (χ4n) is 3.65. The van der Waals surface area contributed by atoms with E-state index in [0.29, 0.717) is 28.9 Å². The molecular weight excluding hydrogens is 402 g/mol. The van der Waals surface area contributed by atoms with Gasteiger partial charge in [-0.05, 0) is 61.9 Å². The summed E-state index contributed by atoms with van der Waals surface area (Å²) >= 11 is 0. The Morgan fingerprint density at radius 3 is 2.62 bits per heavy atom. The third-order valence-electron chi connectivity index (χ3n) is 5.86. The van der Waals surface area contributed by atoms with Gasteiger partial charge in [0.2, 0.25) is 5.95 Å². The van der Waals surface area contributed by atoms with Gasteiger partial charge in [0, 0.05) is 47.4 Å². The number of carbonyl (C=O) groups excluding carboxylic acids is 1. The van der Waals surface area contributed by atoms with Crippen LogP contribution in [0.4, 0.5) is 17.3 Å². The maximum absolute atomic E-state index is 12.3. The second-order valence-corrected chi connectivity index (χ2v) is 8.32. The number of aryl methyl sites for hydroxylation is 1. The second-order valence-electron chi connectivity index (χ2n) is 8.32. The molecule has 2 aromatic carbocycles. The zero-order valence-electron chi connectivity index (χ0n) is 18.6. The maximum atomic E-state index is 12.3. The van der Waals surface area contributed by atoms with E-state index >= 15 is 0 Å². The summed E-state index contributed by atoms with van der Waals surface area (Å²) in [6, 6.07) is 11.2. The zero-order chi connectivity index (χ0) is 22.8. The van der Waals surface area contributed by atoms with Crippen LogP contribution >= 0.6 is 0 Å². The predicted molar refractivity (Wildman–Crippen MR) is 128 cm³/mol. The highest BCUT2D eigenvalue weighted by molar-refractivity contribution is 5.94. The lowest BCUT2D eigenvalue weighted by atomic mass is 10.00. The molecule has 5 N–H and O–H groups in total. The van der Waals surface area contributed by atoms with Gasteiger partial charge in [0.25, 0.3) is 5.91 Å². The van der Waals surface area contributed by atoms with Crippen molar-refractivity contribution in [3.63, 3.8) is 0 Å². The highest BCUT2D eigenvalue weighted by Gasteiger charge is 2.29. The Morgan fingerprint density at radius 1 is 1.28 bits per heavy atom. The van der Waals surface area contributed by atoms with Gasteiger partial charge in [-0.2, -0.15) is 4.98 Å². The van der Waals surface area contributed by atoms with Crippen molar-refractivity contribution in [1.29, 1.82) is 5.41 Å². The molecule has 1 aromatic heterocycles. The molecule has 8 nitrogen and oxygen atoms in total. The summed E-state index contributed by atoms with van der Waals surface area (Å²) in [6.45, 7) is 4.02. The molecule has 1 heterocycles. The Balaban J connectivity index is 1.57. The Kier molecular flexibility index (Phi) is 5.94. The van der Waals surface area contributed by atoms with E-state index in [1.807, 2.05) is 45.2 Å². The van der Waals surface area contributed by atoms with Gasteiger partial charge < -0.3 is 21.8 Å². The molecule has 0 radical (unpaired) electrons. The van der Waals surface area contributed by atoms with Gasteiger partial charge in [0.05, 0.1) is 0 Å². The molecule has 1 aliphatic carbocycles. The van der Waals surface area contributed by atoms with E-state index in [-0.39, 0.29) is 11.9 Å². The topological polar surface area (TPSA) is 122 Å². The van der Waals surface area contributed by atoms with Crippen LogP contribution in [0.2, 0.25) is 0 Å². The zero-order valence-corrected chi connectivity index (χ0v) is 18.6. The minimum Gasteiger partial charge on any atom is -0.398 e. The first kappa shape index (κ1) is 21.5. The summed E-state index contributed by atoms with van der Waals surface area (Å²) in [4.78, 5) is 17.0. The molecule has 8 heteroatoms. The van der Waals surface area contributed by atoms with Crippen molar-refractivity contribution in [2.24, 2.45) is 7.05 Å². The lowest BCUT2D eigenvalue weighted by molar-refractivity contribution is 0.0939. The lowest BCUT2D eigenvalue weighted by Gasteiger charge is -2.15. The molecule has 0 saturated heterocycles. The summed E-state index contributed by atoms with van der Waals surface area (Å²) in [5.74, 6) is 1.50. The number of aromatic nitrogens is 3. The van der Waals surface area contributed by atoms with Crippen LogP contribution in [0.3, 0.4) is 0 Å². The fourth-order valence-corrected chi connectivity index (χ4v) is 3.65. The van der Waals surface area contributed by atoms with Crippen LogP contribution in [0, 0.1) is 5.41 Å². The average molecular weight is 432 g/mol. The van der Waals surface area contributed by atoms with E-state index in [0.717, 1.165) is 41.6 Å². The summed E-state index contributed by atoms with van der Waals surface area (Å²) in [5.41, 5.74) is 10.9. The highest BCUT2D eigenvalue weighted by atomic mass is 16.1. The number of nitrogen functional groups attached to an aromatic ring is 1. The molecule has 1 amide bonds. The van der Waals surface area contributed by atoms with E-state index in [4.69, 9.17) is 11.1 Å². The largest absolute Gasteiger partial charge is 0.398 e. The molecule has 1 atom stereocenters. The molecule has 166 valence electrons. The first-order valence-electron chi connectivity index (χ1n) is 10.9. The summed E-state index contributed by atoms with van der Waals surface area (Å²) in [6.07, 6.45) is 4.41. The van der Waals surface area contributed by atoms with Crippen molar-refractivity contribution < 1.29 is 4.79 Å². The van der Waals surface area contributed by atoms with Crippen LogP contribution in [0.25, 0.3) is 11.4 Å². The first-order chi connectivity index (χ1) is 15.4. The van der Waals surface area contributed by atoms with Gasteiger partial charge in [0.1, 0.15) is 0 Å². The normalized spacial score (nSPS) is 14.1. The molecule has 3 aromatic rings. The average Bonchev–Trinajstić information content (AvgIpc) is 3.57. The van der Waals surface area contributed by atoms with Crippen LogP contribution in [0.5, 0.6) is 0 Å². The van der Waals surface area contributed by atoms with Crippen molar-refractivity contribution in [1.82, 2.24) is 20.1 Å². The van der Waals surface area contributed by atoms with Crippen molar-refractivity contribution in [3.8, 4) is 11.4 Å². The molecule has 1 fully saturated rings. The Morgan fingerprint density at radius 2 is 2.00 bits per heavy atom. The van der Waals surface area contributed by atoms with E-state index in [2.05, 4.69) is 20.7 Å². The minimum absolute atomic E-state index is 0.0832. The maximum Gasteiger partial charge on any atom is 0.251 e. The SMILES string of the molecule is CCC(C)NC(=O)c1ccc(-c2nc(Nc3ccc(N)c(C=N)c3C3CC3)n(C)n2)cc1. The number of anilines is 3. The van der Waals surface area contributed by atoms with Crippen molar-refractivity contribution in [2.75, 3.05) is 11.1 Å². The second kappa shape index (κ2) is 8.82. The fraction of sp³-hybridized carbons (Fsp3) is 0.333. The molecule has 0 bridgehead atoms. The van der Waals surface area contributed by atoms with Gasteiger partial charge in [-0.25, -0.2) is 4.68 Å². The van der Waals surface area contributed by atoms with Crippen LogP contribution in [-0.4, -0.2) is 32.9 Å². The molecule has 0 aliphatic heterocycles. The number of nitrogens with zero attached hydrogens (tertiary/aromatic N) is 3. The molecule has 1 aliphatic rings. The number of amides is 1. The van der Waals surface area contributed by atoms with Crippen LogP contribution in [0.15, 0.2) is 36.4 Å². The summed E-state index contributed by atoms with van der Waals surface area (Å²) in [5, 5.41) is 18.7. The van der Waals surface area contributed by atoms with Crippen LogP contribution in [0.1, 0.15) is 60.5 Å². The van der Waals surface area contributed by atoms with Gasteiger partial charge in [-0.1, -0.05) is 19.1 Å². The van der Waals surface area contributed by atoms with Crippen molar-refractivity contribution >= 4 is 29.4 Å². The third kappa shape index (κ3) is 4.34. The number of nitrogens with one attached hydrogen (secondary N) is 3. The number of rotatable bonds is 8. The number of nitrogens with two attached hydrogens (primary N) is 1.